The highest BCUT2D eigenvalue weighted by molar-refractivity contribution is 7.80. The molecule has 2 atom stereocenters. The highest BCUT2D eigenvalue weighted by Gasteiger charge is 2.58. The highest BCUT2D eigenvalue weighted by atomic mass is 32.1. The molecule has 138 valence electrons. The van der Waals surface area contributed by atoms with Crippen LogP contribution >= 0.6 is 24.4 Å². The lowest BCUT2D eigenvalue weighted by Crippen LogP contribution is -2.67. The van der Waals surface area contributed by atoms with Crippen molar-refractivity contribution >= 4 is 46.3 Å². The molecular formula is C17H27N5OS2. The molecule has 0 aliphatic carbocycles. The van der Waals surface area contributed by atoms with Crippen LogP contribution in [0.15, 0.2) is 10.1 Å². The third kappa shape index (κ3) is 3.76. The average molecular weight is 382 g/mol. The van der Waals surface area contributed by atoms with Gasteiger partial charge in [0.1, 0.15) is 11.7 Å². The van der Waals surface area contributed by atoms with Crippen molar-refractivity contribution in [2.75, 3.05) is 0 Å². The molecule has 0 aromatic carbocycles. The fourth-order valence-electron chi connectivity index (χ4n) is 3.98. The lowest BCUT2D eigenvalue weighted by molar-refractivity contribution is -0.132. The van der Waals surface area contributed by atoms with Gasteiger partial charge in [-0.15, -0.1) is 0 Å². The van der Waals surface area contributed by atoms with E-state index in [1.165, 1.54) is 0 Å². The van der Waals surface area contributed by atoms with E-state index in [4.69, 9.17) is 24.4 Å². The Morgan fingerprint density at radius 2 is 2.04 bits per heavy atom. The first kappa shape index (κ1) is 19.9. The van der Waals surface area contributed by atoms with Gasteiger partial charge in [0, 0.05) is 24.1 Å². The summed E-state index contributed by atoms with van der Waals surface area (Å²) >= 11 is 10.2. The van der Waals surface area contributed by atoms with Crippen molar-refractivity contribution < 1.29 is 4.79 Å². The SMILES string of the molecule is C/C(CC(C)(C)N=C=S)=N\N1C(=O)[C@H](C)N2C(=S)NC(C)(C)C[C@@]12C. The van der Waals surface area contributed by atoms with E-state index in [0.717, 1.165) is 5.71 Å². The van der Waals surface area contributed by atoms with Crippen LogP contribution < -0.4 is 5.32 Å². The zero-order valence-corrected chi connectivity index (χ0v) is 17.6. The van der Waals surface area contributed by atoms with Crippen LogP contribution in [-0.2, 0) is 4.79 Å². The van der Waals surface area contributed by atoms with E-state index in [0.29, 0.717) is 18.0 Å². The molecule has 2 aliphatic heterocycles. The number of fused-ring (bicyclic) bond motifs is 1. The molecule has 0 aromatic heterocycles. The van der Waals surface area contributed by atoms with Crippen molar-refractivity contribution in [3.8, 4) is 0 Å². The summed E-state index contributed by atoms with van der Waals surface area (Å²) in [5, 5.41) is 12.6. The predicted molar refractivity (Wildman–Crippen MR) is 108 cm³/mol. The molecule has 0 spiro atoms. The van der Waals surface area contributed by atoms with E-state index in [-0.39, 0.29) is 17.5 Å². The number of hydrazone groups is 1. The van der Waals surface area contributed by atoms with E-state index in [2.05, 4.69) is 34.4 Å². The molecule has 2 rings (SSSR count). The number of nitrogens with zero attached hydrogens (tertiary/aromatic N) is 4. The highest BCUT2D eigenvalue weighted by Crippen LogP contribution is 2.41. The molecule has 0 aromatic rings. The molecule has 25 heavy (non-hydrogen) atoms. The van der Waals surface area contributed by atoms with Crippen molar-refractivity contribution in [3.05, 3.63) is 0 Å². The minimum atomic E-state index is -0.582. The first-order chi connectivity index (χ1) is 11.3. The molecule has 1 amide bonds. The van der Waals surface area contributed by atoms with E-state index in [1.54, 1.807) is 5.01 Å². The number of rotatable bonds is 4. The maximum absolute atomic E-state index is 12.9. The minimum absolute atomic E-state index is 0.0418. The molecule has 8 heteroatoms. The van der Waals surface area contributed by atoms with Crippen LogP contribution in [0.4, 0.5) is 0 Å². The largest absolute Gasteiger partial charge is 0.357 e. The lowest BCUT2D eigenvalue weighted by Gasteiger charge is -2.50. The van der Waals surface area contributed by atoms with E-state index < -0.39 is 11.2 Å². The summed E-state index contributed by atoms with van der Waals surface area (Å²) in [6.07, 6.45) is 1.31. The quantitative estimate of drug-likeness (QED) is 0.599. The predicted octanol–water partition coefficient (Wildman–Crippen LogP) is 2.94. The van der Waals surface area contributed by atoms with Gasteiger partial charge < -0.3 is 10.2 Å². The number of hydrogen-bond acceptors (Lipinski definition) is 5. The third-order valence-corrected chi connectivity index (χ3v) is 5.07. The van der Waals surface area contributed by atoms with Gasteiger partial charge in [0.2, 0.25) is 0 Å². The van der Waals surface area contributed by atoms with Gasteiger partial charge in [-0.3, -0.25) is 4.79 Å². The maximum atomic E-state index is 12.9. The van der Waals surface area contributed by atoms with Crippen LogP contribution in [0.5, 0.6) is 0 Å². The summed E-state index contributed by atoms with van der Waals surface area (Å²) in [7, 11) is 0. The zero-order valence-electron chi connectivity index (χ0n) is 16.0. The summed E-state index contributed by atoms with van der Waals surface area (Å²) in [5.74, 6) is -0.0418. The Morgan fingerprint density at radius 3 is 2.60 bits per heavy atom. The van der Waals surface area contributed by atoms with Gasteiger partial charge in [0.15, 0.2) is 5.11 Å². The lowest BCUT2D eigenvalue weighted by atomic mass is 9.88. The second-order valence-electron chi connectivity index (χ2n) is 8.43. The number of amides is 1. The Bertz CT molecular complexity index is 681. The first-order valence-corrected chi connectivity index (χ1v) is 9.23. The van der Waals surface area contributed by atoms with Crippen molar-refractivity contribution in [3.63, 3.8) is 0 Å². The smallest absolute Gasteiger partial charge is 0.267 e. The van der Waals surface area contributed by atoms with Crippen LogP contribution in [0, 0.1) is 0 Å². The summed E-state index contributed by atoms with van der Waals surface area (Å²) in [4.78, 5) is 19.0. The molecule has 0 bridgehead atoms. The van der Waals surface area contributed by atoms with Gasteiger partial charge in [-0.25, -0.2) is 10.0 Å². The molecule has 2 heterocycles. The second-order valence-corrected chi connectivity index (χ2v) is 9.00. The molecule has 0 radical (unpaired) electrons. The van der Waals surface area contributed by atoms with Crippen LogP contribution in [-0.4, -0.2) is 54.6 Å². The fraction of sp³-hybridized carbons (Fsp3) is 0.765. The number of isothiocyanates is 1. The number of carbonyl (C=O) groups excluding carboxylic acids is 1. The summed E-state index contributed by atoms with van der Waals surface area (Å²) in [6.45, 7) is 13.9. The fourth-order valence-corrected chi connectivity index (χ4v) is 4.86. The molecule has 2 fully saturated rings. The maximum Gasteiger partial charge on any atom is 0.267 e. The summed E-state index contributed by atoms with van der Waals surface area (Å²) in [5.41, 5.74) is -0.367. The van der Waals surface area contributed by atoms with Gasteiger partial charge in [-0.1, -0.05) is 0 Å². The standard InChI is InChI=1S/C17H27N5OS2/c1-11(8-15(3,4)18-10-24)20-22-13(23)12(2)21-14(25)19-16(5,6)9-17(21,22)7/h12H,8-9H2,1-7H3,(H,19,25)/b20-11+/t12-,17+/m0/s1. The van der Waals surface area contributed by atoms with Gasteiger partial charge >= 0.3 is 0 Å². The molecule has 2 saturated heterocycles. The Hall–Kier alpha value is -1.37. The number of aliphatic imine (C=N–C) groups is 1. The average Bonchev–Trinajstić information content (AvgIpc) is 2.57. The normalized spacial score (nSPS) is 29.2. The monoisotopic (exact) mass is 381 g/mol. The van der Waals surface area contributed by atoms with Crippen molar-refractivity contribution in [2.45, 2.75) is 84.1 Å². The summed E-state index contributed by atoms with van der Waals surface area (Å²) in [6, 6.07) is -0.343. The van der Waals surface area contributed by atoms with Crippen LogP contribution in [0.3, 0.4) is 0 Å². The van der Waals surface area contributed by atoms with Crippen molar-refractivity contribution in [1.29, 1.82) is 0 Å². The number of carbonyl (C=O) groups is 1. The minimum Gasteiger partial charge on any atom is -0.357 e. The van der Waals surface area contributed by atoms with Crippen molar-refractivity contribution in [2.24, 2.45) is 10.1 Å². The van der Waals surface area contributed by atoms with Crippen LogP contribution in [0.25, 0.3) is 0 Å². The van der Waals surface area contributed by atoms with Gasteiger partial charge in [0.25, 0.3) is 5.91 Å². The van der Waals surface area contributed by atoms with Crippen LogP contribution in [0.1, 0.15) is 61.3 Å². The van der Waals surface area contributed by atoms with Gasteiger partial charge in [-0.05, 0) is 72.9 Å². The van der Waals surface area contributed by atoms with E-state index in [1.807, 2.05) is 39.5 Å². The third-order valence-electron chi connectivity index (χ3n) is 4.68. The first-order valence-electron chi connectivity index (χ1n) is 8.42. The second kappa shape index (κ2) is 6.41. The Morgan fingerprint density at radius 1 is 1.44 bits per heavy atom. The Kier molecular flexibility index (Phi) is 5.12. The van der Waals surface area contributed by atoms with Crippen molar-refractivity contribution in [1.82, 2.24) is 15.2 Å². The molecule has 1 N–H and O–H groups in total. The number of nitrogens with one attached hydrogen (secondary N) is 1. The van der Waals surface area contributed by atoms with Crippen LogP contribution in [0.2, 0.25) is 0 Å². The summed E-state index contributed by atoms with van der Waals surface area (Å²) < 4.78 is 0. The van der Waals surface area contributed by atoms with E-state index >= 15 is 0 Å². The molecule has 0 saturated carbocycles. The van der Waals surface area contributed by atoms with Gasteiger partial charge in [-0.2, -0.15) is 5.10 Å². The molecule has 0 unspecified atom stereocenters. The number of hydrogen-bond donors (Lipinski definition) is 1. The molecule has 6 nitrogen and oxygen atoms in total. The number of thiocarbonyl (C=S) groups is 2. The molecule has 2 aliphatic rings. The molecular weight excluding hydrogens is 354 g/mol. The topological polar surface area (TPSA) is 60.3 Å². The van der Waals surface area contributed by atoms with Gasteiger partial charge in [0.05, 0.1) is 10.7 Å². The zero-order chi connectivity index (χ0) is 19.2. The Labute approximate surface area is 160 Å². The van der Waals surface area contributed by atoms with E-state index in [9.17, 15) is 4.79 Å². The Balaban J connectivity index is 2.39.